The van der Waals surface area contributed by atoms with Gasteiger partial charge in [0.05, 0.1) is 20.5 Å². The van der Waals surface area contributed by atoms with Gasteiger partial charge < -0.3 is 9.47 Å². The lowest BCUT2D eigenvalue weighted by Crippen LogP contribution is -2.35. The van der Waals surface area contributed by atoms with Crippen LogP contribution in [0.4, 0.5) is 0 Å². The molecule has 0 radical (unpaired) electrons. The Morgan fingerprint density at radius 3 is 2.47 bits per heavy atom. The van der Waals surface area contributed by atoms with Gasteiger partial charge in [0.25, 0.3) is 0 Å². The van der Waals surface area contributed by atoms with E-state index in [1.807, 2.05) is 0 Å². The quantitative estimate of drug-likeness (QED) is 0.852. The number of methoxy groups -OCH3 is 2. The van der Waals surface area contributed by atoms with Crippen molar-refractivity contribution in [3.05, 3.63) is 22.2 Å². The van der Waals surface area contributed by atoms with Crippen LogP contribution in [0.25, 0.3) is 0 Å². The summed E-state index contributed by atoms with van der Waals surface area (Å²) in [5.74, 6) is 1.07. The van der Waals surface area contributed by atoms with Gasteiger partial charge in [0, 0.05) is 29.7 Å². The fourth-order valence-corrected chi connectivity index (χ4v) is 3.38. The van der Waals surface area contributed by atoms with Crippen molar-refractivity contribution in [2.24, 2.45) is 0 Å². The predicted octanol–water partition coefficient (Wildman–Crippen LogP) is 1.67. The van der Waals surface area contributed by atoms with Crippen LogP contribution in [0.5, 0.6) is 11.5 Å². The van der Waals surface area contributed by atoms with Crippen LogP contribution >= 0.6 is 11.6 Å². The third-order valence-electron chi connectivity index (χ3n) is 3.25. The van der Waals surface area contributed by atoms with Gasteiger partial charge in [-0.05, 0) is 12.0 Å². The molecular formula is C12H16ClNO4S. The summed E-state index contributed by atoms with van der Waals surface area (Å²) in [6.45, 7) is 0.690. The first-order chi connectivity index (χ1) is 8.88. The minimum Gasteiger partial charge on any atom is -0.493 e. The SMILES string of the molecule is COc1cc(Cl)c2c(c1OC)CN(S(C)(=O)=O)CC2. The van der Waals surface area contributed by atoms with E-state index in [9.17, 15) is 8.42 Å². The van der Waals surface area contributed by atoms with Crippen molar-refractivity contribution in [2.75, 3.05) is 27.0 Å². The third-order valence-corrected chi connectivity index (χ3v) is 4.83. The highest BCUT2D eigenvalue weighted by Crippen LogP contribution is 2.41. The van der Waals surface area contributed by atoms with E-state index in [0.29, 0.717) is 29.5 Å². The third kappa shape index (κ3) is 2.66. The highest BCUT2D eigenvalue weighted by atomic mass is 35.5. The summed E-state index contributed by atoms with van der Waals surface area (Å²) in [7, 11) is -0.173. The van der Waals surface area contributed by atoms with Gasteiger partial charge >= 0.3 is 0 Å². The summed E-state index contributed by atoms with van der Waals surface area (Å²) >= 11 is 6.21. The van der Waals surface area contributed by atoms with Crippen LogP contribution in [0.3, 0.4) is 0 Å². The fourth-order valence-electron chi connectivity index (χ4n) is 2.29. The molecule has 1 aromatic carbocycles. The second-order valence-electron chi connectivity index (χ2n) is 4.40. The molecule has 0 bridgehead atoms. The number of fused-ring (bicyclic) bond motifs is 1. The molecule has 7 heteroatoms. The molecule has 0 aromatic heterocycles. The maximum atomic E-state index is 11.7. The second kappa shape index (κ2) is 5.19. The molecule has 106 valence electrons. The van der Waals surface area contributed by atoms with Crippen LogP contribution in [0.15, 0.2) is 6.07 Å². The van der Waals surface area contributed by atoms with Crippen molar-refractivity contribution in [3.8, 4) is 11.5 Å². The summed E-state index contributed by atoms with van der Waals surface area (Å²) in [5, 5.41) is 0.584. The molecule has 0 fully saturated rings. The van der Waals surface area contributed by atoms with Crippen LogP contribution in [0.2, 0.25) is 5.02 Å². The summed E-state index contributed by atoms with van der Waals surface area (Å²) in [5.41, 5.74) is 1.71. The Balaban J connectivity index is 2.55. The standard InChI is InChI=1S/C12H16ClNO4S/c1-17-11-6-10(13)8-4-5-14(19(3,15)16)7-9(8)12(11)18-2/h6H,4-5,7H2,1-3H3. The molecule has 0 saturated heterocycles. The van der Waals surface area contributed by atoms with Gasteiger partial charge in [0.15, 0.2) is 11.5 Å². The maximum Gasteiger partial charge on any atom is 0.211 e. The first-order valence-electron chi connectivity index (χ1n) is 5.75. The fraction of sp³-hybridized carbons (Fsp3) is 0.500. The molecule has 1 heterocycles. The first kappa shape index (κ1) is 14.4. The molecule has 2 rings (SSSR count). The van der Waals surface area contributed by atoms with E-state index in [-0.39, 0.29) is 6.54 Å². The van der Waals surface area contributed by atoms with E-state index in [1.165, 1.54) is 24.8 Å². The molecular weight excluding hydrogens is 290 g/mol. The number of ether oxygens (including phenoxy) is 2. The van der Waals surface area contributed by atoms with Gasteiger partial charge in [0.1, 0.15) is 0 Å². The van der Waals surface area contributed by atoms with Crippen molar-refractivity contribution in [1.29, 1.82) is 0 Å². The maximum absolute atomic E-state index is 11.7. The Morgan fingerprint density at radius 1 is 1.26 bits per heavy atom. The topological polar surface area (TPSA) is 55.8 Å². The normalized spacial score (nSPS) is 16.0. The van der Waals surface area contributed by atoms with Crippen molar-refractivity contribution >= 4 is 21.6 Å². The summed E-state index contributed by atoms with van der Waals surface area (Å²) in [4.78, 5) is 0. The van der Waals surface area contributed by atoms with Gasteiger partial charge in [-0.15, -0.1) is 0 Å². The number of nitrogens with zero attached hydrogens (tertiary/aromatic N) is 1. The van der Waals surface area contributed by atoms with Crippen LogP contribution in [-0.2, 0) is 23.0 Å². The molecule has 0 atom stereocenters. The van der Waals surface area contributed by atoms with Crippen molar-refractivity contribution in [1.82, 2.24) is 4.31 Å². The lowest BCUT2D eigenvalue weighted by Gasteiger charge is -2.29. The average Bonchev–Trinajstić information content (AvgIpc) is 2.36. The summed E-state index contributed by atoms with van der Waals surface area (Å²) in [6, 6.07) is 1.70. The van der Waals surface area contributed by atoms with Gasteiger partial charge in [-0.25, -0.2) is 8.42 Å². The summed E-state index contributed by atoms with van der Waals surface area (Å²) < 4.78 is 35.3. The number of hydrogen-bond donors (Lipinski definition) is 0. The average molecular weight is 306 g/mol. The molecule has 0 spiro atoms. The largest absolute Gasteiger partial charge is 0.493 e. The smallest absolute Gasteiger partial charge is 0.211 e. The number of hydrogen-bond acceptors (Lipinski definition) is 4. The predicted molar refractivity (Wildman–Crippen MR) is 73.5 cm³/mol. The van der Waals surface area contributed by atoms with E-state index in [4.69, 9.17) is 21.1 Å². The summed E-state index contributed by atoms with van der Waals surface area (Å²) in [6.07, 6.45) is 1.77. The van der Waals surface area contributed by atoms with E-state index < -0.39 is 10.0 Å². The molecule has 19 heavy (non-hydrogen) atoms. The molecule has 1 aliphatic rings. The molecule has 1 aliphatic heterocycles. The Kier molecular flexibility index (Phi) is 3.94. The van der Waals surface area contributed by atoms with Crippen molar-refractivity contribution in [2.45, 2.75) is 13.0 Å². The molecule has 0 aliphatic carbocycles. The monoisotopic (exact) mass is 305 g/mol. The van der Waals surface area contributed by atoms with Gasteiger partial charge in [-0.1, -0.05) is 11.6 Å². The van der Waals surface area contributed by atoms with E-state index in [2.05, 4.69) is 0 Å². The Labute approximate surface area is 118 Å². The zero-order valence-corrected chi connectivity index (χ0v) is 12.6. The highest BCUT2D eigenvalue weighted by molar-refractivity contribution is 7.88. The Bertz CT molecular complexity index is 600. The van der Waals surface area contributed by atoms with Crippen molar-refractivity contribution < 1.29 is 17.9 Å². The molecule has 0 unspecified atom stereocenters. The number of rotatable bonds is 3. The minimum atomic E-state index is -3.23. The van der Waals surface area contributed by atoms with Crippen LogP contribution in [-0.4, -0.2) is 39.7 Å². The lowest BCUT2D eigenvalue weighted by atomic mass is 9.99. The highest BCUT2D eigenvalue weighted by Gasteiger charge is 2.28. The van der Waals surface area contributed by atoms with Crippen LogP contribution in [0.1, 0.15) is 11.1 Å². The van der Waals surface area contributed by atoms with Crippen LogP contribution < -0.4 is 9.47 Å². The first-order valence-corrected chi connectivity index (χ1v) is 7.98. The van der Waals surface area contributed by atoms with E-state index in [0.717, 1.165) is 11.1 Å². The Hall–Kier alpha value is -0.980. The van der Waals surface area contributed by atoms with Crippen molar-refractivity contribution in [3.63, 3.8) is 0 Å². The minimum absolute atomic E-state index is 0.258. The lowest BCUT2D eigenvalue weighted by molar-refractivity contribution is 0.335. The number of benzene rings is 1. The Morgan fingerprint density at radius 2 is 1.95 bits per heavy atom. The van der Waals surface area contributed by atoms with E-state index >= 15 is 0 Å². The van der Waals surface area contributed by atoms with Crippen LogP contribution in [0, 0.1) is 0 Å². The number of halogens is 1. The molecule has 1 aromatic rings. The van der Waals surface area contributed by atoms with E-state index in [1.54, 1.807) is 6.07 Å². The zero-order valence-electron chi connectivity index (χ0n) is 11.1. The molecule has 5 nitrogen and oxygen atoms in total. The molecule has 0 saturated carbocycles. The van der Waals surface area contributed by atoms with Gasteiger partial charge in [0.2, 0.25) is 10.0 Å². The van der Waals surface area contributed by atoms with Gasteiger partial charge in [-0.2, -0.15) is 4.31 Å². The molecule has 0 N–H and O–H groups in total. The zero-order chi connectivity index (χ0) is 14.2. The second-order valence-corrected chi connectivity index (χ2v) is 6.79. The van der Waals surface area contributed by atoms with Gasteiger partial charge in [-0.3, -0.25) is 0 Å². The molecule has 0 amide bonds. The number of sulfonamides is 1.